The molecule has 0 spiro atoms. The van der Waals surface area contributed by atoms with E-state index in [9.17, 15) is 4.79 Å². The van der Waals surface area contributed by atoms with E-state index < -0.39 is 6.04 Å². The molecular formula is C20H21Cl3N4O2. The average molecular weight is 456 g/mol. The number of rotatable bonds is 4. The summed E-state index contributed by atoms with van der Waals surface area (Å²) < 4.78 is 7.05. The fourth-order valence-corrected chi connectivity index (χ4v) is 4.62. The summed E-state index contributed by atoms with van der Waals surface area (Å²) in [6, 6.07) is 6.69. The number of halogens is 3. The molecule has 1 N–H and O–H groups in total. The van der Waals surface area contributed by atoms with E-state index in [2.05, 4.69) is 10.4 Å². The summed E-state index contributed by atoms with van der Waals surface area (Å²) in [5, 5.41) is 8.91. The highest BCUT2D eigenvalue weighted by Gasteiger charge is 2.38. The molecule has 1 saturated heterocycles. The van der Waals surface area contributed by atoms with Crippen molar-refractivity contribution in [2.24, 2.45) is 0 Å². The van der Waals surface area contributed by atoms with E-state index >= 15 is 0 Å². The number of benzene rings is 1. The van der Waals surface area contributed by atoms with Gasteiger partial charge in [0.2, 0.25) is 0 Å². The number of anilines is 1. The Balaban J connectivity index is 1.81. The number of nitrogens with zero attached hydrogens (tertiary/aromatic N) is 3. The zero-order valence-corrected chi connectivity index (χ0v) is 18.4. The molecule has 0 radical (unpaired) electrons. The summed E-state index contributed by atoms with van der Waals surface area (Å²) in [6.45, 7) is 3.11. The zero-order valence-electron chi connectivity index (χ0n) is 16.1. The fourth-order valence-electron chi connectivity index (χ4n) is 4.13. The number of hydrogen-bond acceptors (Lipinski definition) is 4. The van der Waals surface area contributed by atoms with Crippen LogP contribution in [0.3, 0.4) is 0 Å². The van der Waals surface area contributed by atoms with Crippen LogP contribution in [0.4, 0.5) is 5.82 Å². The summed E-state index contributed by atoms with van der Waals surface area (Å²) in [5.41, 5.74) is 2.18. The Labute approximate surface area is 184 Å². The van der Waals surface area contributed by atoms with Gasteiger partial charge in [-0.3, -0.25) is 4.79 Å². The quantitative estimate of drug-likeness (QED) is 0.721. The third-order valence-corrected chi connectivity index (χ3v) is 6.35. The van der Waals surface area contributed by atoms with Crippen LogP contribution in [0.1, 0.15) is 31.4 Å². The molecule has 2 atom stereocenters. The molecular weight excluding hydrogens is 435 g/mol. The van der Waals surface area contributed by atoms with Gasteiger partial charge in [0.25, 0.3) is 5.91 Å². The van der Waals surface area contributed by atoms with E-state index in [-0.39, 0.29) is 11.9 Å². The van der Waals surface area contributed by atoms with Crippen LogP contribution in [-0.2, 0) is 9.53 Å². The van der Waals surface area contributed by atoms with E-state index in [1.165, 1.54) is 0 Å². The molecule has 3 heterocycles. The Hall–Kier alpha value is -1.73. The predicted molar refractivity (Wildman–Crippen MR) is 115 cm³/mol. The van der Waals surface area contributed by atoms with Crippen molar-refractivity contribution in [2.45, 2.75) is 31.8 Å². The molecule has 1 aromatic carbocycles. The maximum Gasteiger partial charge on any atom is 0.254 e. The molecule has 29 heavy (non-hydrogen) atoms. The monoisotopic (exact) mass is 454 g/mol. The van der Waals surface area contributed by atoms with Crippen molar-refractivity contribution in [3.63, 3.8) is 0 Å². The number of fused-ring (bicyclic) bond motifs is 1. The van der Waals surface area contributed by atoms with Crippen molar-refractivity contribution in [1.82, 2.24) is 14.7 Å². The van der Waals surface area contributed by atoms with E-state index in [4.69, 9.17) is 39.5 Å². The van der Waals surface area contributed by atoms with Crippen LogP contribution in [0.15, 0.2) is 35.5 Å². The normalized spacial score (nSPS) is 21.3. The van der Waals surface area contributed by atoms with E-state index in [0.29, 0.717) is 33.9 Å². The van der Waals surface area contributed by atoms with Crippen LogP contribution < -0.4 is 5.32 Å². The lowest BCUT2D eigenvalue weighted by atomic mass is 9.94. The van der Waals surface area contributed by atoms with Crippen molar-refractivity contribution in [2.75, 3.05) is 25.6 Å². The summed E-state index contributed by atoms with van der Waals surface area (Å²) in [7, 11) is 1.66. The Morgan fingerprint density at radius 1 is 1.28 bits per heavy atom. The minimum absolute atomic E-state index is 0.0390. The van der Waals surface area contributed by atoms with Crippen LogP contribution >= 0.6 is 34.8 Å². The number of likely N-dealkylation sites (tertiary alicyclic amines) is 1. The lowest BCUT2D eigenvalue weighted by molar-refractivity contribution is -0.129. The molecule has 2 aliphatic rings. The molecule has 0 aliphatic carbocycles. The SMILES string of the molecule is COC[C@@H]1CCCN1C(=O)C1=C(C)Nc2cc(Cl)nn2C1c1ccc(Cl)c(Cl)c1. The molecule has 154 valence electrons. The standard InChI is InChI=1S/C20H21Cl3N4O2/c1-11-18(20(28)26-7-3-4-13(26)10-29-2)19(12-5-6-14(21)15(22)8-12)27-17(24-11)9-16(23)25-27/h5-6,8-9,13,19,24H,3-4,7,10H2,1-2H3/t13-,19?/m0/s1. The number of methoxy groups -OCH3 is 1. The molecule has 1 unspecified atom stereocenters. The second-order valence-electron chi connectivity index (χ2n) is 7.29. The highest BCUT2D eigenvalue weighted by atomic mass is 35.5. The first-order valence-corrected chi connectivity index (χ1v) is 10.5. The second-order valence-corrected chi connectivity index (χ2v) is 8.49. The molecule has 1 aromatic heterocycles. The first-order chi connectivity index (χ1) is 13.9. The van der Waals surface area contributed by atoms with E-state index in [1.807, 2.05) is 17.9 Å². The van der Waals surface area contributed by atoms with E-state index in [0.717, 1.165) is 29.9 Å². The van der Waals surface area contributed by atoms with Crippen molar-refractivity contribution < 1.29 is 9.53 Å². The molecule has 0 saturated carbocycles. The second kappa shape index (κ2) is 8.19. The van der Waals surface area contributed by atoms with Gasteiger partial charge in [0.15, 0.2) is 5.15 Å². The van der Waals surface area contributed by atoms with Gasteiger partial charge < -0.3 is 15.0 Å². The number of ether oxygens (including phenoxy) is 1. The third kappa shape index (κ3) is 3.75. The topological polar surface area (TPSA) is 59.4 Å². The summed E-state index contributed by atoms with van der Waals surface area (Å²) in [4.78, 5) is 15.6. The molecule has 0 bridgehead atoms. The number of aromatic nitrogens is 2. The fraction of sp³-hybridized carbons (Fsp3) is 0.400. The predicted octanol–water partition coefficient (Wildman–Crippen LogP) is 4.77. The average Bonchev–Trinajstić information content (AvgIpc) is 3.28. The first-order valence-electron chi connectivity index (χ1n) is 9.38. The number of carbonyl (C=O) groups excluding carboxylic acids is 1. The van der Waals surface area contributed by atoms with Gasteiger partial charge in [0.05, 0.1) is 28.3 Å². The number of nitrogens with one attached hydrogen (secondary N) is 1. The Morgan fingerprint density at radius 2 is 2.07 bits per heavy atom. The lowest BCUT2D eigenvalue weighted by Crippen LogP contribution is -2.42. The van der Waals surface area contributed by atoms with Crippen LogP contribution in [0.2, 0.25) is 15.2 Å². The van der Waals surface area contributed by atoms with Crippen molar-refractivity contribution in [3.8, 4) is 0 Å². The maximum atomic E-state index is 13.7. The maximum absolute atomic E-state index is 13.7. The zero-order chi connectivity index (χ0) is 20.7. The first kappa shape index (κ1) is 20.5. The summed E-state index contributed by atoms with van der Waals surface area (Å²) in [5.74, 6) is 0.679. The highest BCUT2D eigenvalue weighted by Crippen LogP contribution is 2.40. The molecule has 2 aliphatic heterocycles. The van der Waals surface area contributed by atoms with Crippen LogP contribution in [0.25, 0.3) is 0 Å². The van der Waals surface area contributed by atoms with Crippen LogP contribution in [0, 0.1) is 0 Å². The minimum Gasteiger partial charge on any atom is -0.383 e. The van der Waals surface area contributed by atoms with Gasteiger partial charge in [-0.2, -0.15) is 5.10 Å². The van der Waals surface area contributed by atoms with Gasteiger partial charge in [-0.05, 0) is 37.5 Å². The van der Waals surface area contributed by atoms with Gasteiger partial charge in [-0.1, -0.05) is 40.9 Å². The van der Waals surface area contributed by atoms with Crippen molar-refractivity contribution in [3.05, 3.63) is 56.3 Å². The molecule has 9 heteroatoms. The Kier molecular flexibility index (Phi) is 5.80. The Bertz CT molecular complexity index is 988. The van der Waals surface area contributed by atoms with Crippen molar-refractivity contribution >= 4 is 46.5 Å². The molecule has 1 fully saturated rings. The van der Waals surface area contributed by atoms with E-state index in [1.54, 1.807) is 30.0 Å². The molecule has 4 rings (SSSR count). The summed E-state index contributed by atoms with van der Waals surface area (Å²) >= 11 is 18.6. The number of amides is 1. The molecule has 1 amide bonds. The van der Waals surface area contributed by atoms with Gasteiger partial charge in [0.1, 0.15) is 11.9 Å². The van der Waals surface area contributed by atoms with Crippen LogP contribution in [0.5, 0.6) is 0 Å². The third-order valence-electron chi connectivity index (χ3n) is 5.43. The smallest absolute Gasteiger partial charge is 0.254 e. The number of hydrogen-bond donors (Lipinski definition) is 1. The number of allylic oxidation sites excluding steroid dienone is 1. The lowest BCUT2D eigenvalue weighted by Gasteiger charge is -2.33. The Morgan fingerprint density at radius 3 is 2.79 bits per heavy atom. The molecule has 2 aromatic rings. The highest BCUT2D eigenvalue weighted by molar-refractivity contribution is 6.42. The van der Waals surface area contributed by atoms with Crippen molar-refractivity contribution in [1.29, 1.82) is 0 Å². The largest absolute Gasteiger partial charge is 0.383 e. The minimum atomic E-state index is -0.468. The molecule has 6 nitrogen and oxygen atoms in total. The van der Waals surface area contributed by atoms with Gasteiger partial charge in [-0.15, -0.1) is 0 Å². The summed E-state index contributed by atoms with van der Waals surface area (Å²) in [6.07, 6.45) is 1.88. The number of carbonyl (C=O) groups is 1. The van der Waals surface area contributed by atoms with Crippen LogP contribution in [-0.4, -0.2) is 46.9 Å². The van der Waals surface area contributed by atoms with Gasteiger partial charge in [-0.25, -0.2) is 4.68 Å². The van der Waals surface area contributed by atoms with Gasteiger partial charge in [0, 0.05) is 25.4 Å². The van der Waals surface area contributed by atoms with Gasteiger partial charge >= 0.3 is 0 Å².